The lowest BCUT2D eigenvalue weighted by Gasteiger charge is -2.01. The molecule has 0 N–H and O–H groups in total. The Bertz CT molecular complexity index is 414. The molecule has 0 radical (unpaired) electrons. The Hall–Kier alpha value is -1.01. The van der Waals surface area contributed by atoms with E-state index in [9.17, 15) is 17.2 Å². The molecule has 0 saturated heterocycles. The number of hydrogen-bond donors (Lipinski definition) is 0. The van der Waals surface area contributed by atoms with Gasteiger partial charge >= 0.3 is 0 Å². The van der Waals surface area contributed by atoms with E-state index in [1.54, 1.807) is 0 Å². The van der Waals surface area contributed by atoms with Crippen molar-refractivity contribution in [2.24, 2.45) is 0 Å². The highest BCUT2D eigenvalue weighted by molar-refractivity contribution is 7.86. The number of halogens is 2. The average Bonchev–Trinajstić information content (AvgIpc) is 2.03. The van der Waals surface area contributed by atoms with Crippen molar-refractivity contribution >= 4 is 10.1 Å². The lowest BCUT2D eigenvalue weighted by atomic mass is 10.3. The topological polar surface area (TPSA) is 43.4 Å². The predicted octanol–water partition coefficient (Wildman–Crippen LogP) is 1.30. The van der Waals surface area contributed by atoms with E-state index < -0.39 is 26.6 Å². The average molecular weight is 208 g/mol. The maximum absolute atomic E-state index is 12.8. The zero-order chi connectivity index (χ0) is 10.1. The molecule has 0 aliphatic rings. The van der Waals surface area contributed by atoms with Gasteiger partial charge in [0, 0.05) is 6.07 Å². The summed E-state index contributed by atoms with van der Waals surface area (Å²) in [5, 5.41) is 0. The fourth-order valence-corrected chi connectivity index (χ4v) is 1.48. The van der Waals surface area contributed by atoms with Gasteiger partial charge in [-0.25, -0.2) is 8.78 Å². The zero-order valence-electron chi connectivity index (χ0n) is 6.62. The van der Waals surface area contributed by atoms with Crippen molar-refractivity contribution in [3.63, 3.8) is 0 Å². The molecule has 0 aliphatic carbocycles. The lowest BCUT2D eigenvalue weighted by Crippen LogP contribution is -2.05. The highest BCUT2D eigenvalue weighted by Crippen LogP contribution is 2.16. The molecule has 6 heteroatoms. The Labute approximate surface area is 74.1 Å². The van der Waals surface area contributed by atoms with Gasteiger partial charge in [0.15, 0.2) is 0 Å². The van der Waals surface area contributed by atoms with Gasteiger partial charge in [0.2, 0.25) is 0 Å². The number of rotatable bonds is 2. The molecule has 0 aromatic heterocycles. The van der Waals surface area contributed by atoms with Crippen molar-refractivity contribution in [2.75, 3.05) is 7.11 Å². The van der Waals surface area contributed by atoms with E-state index in [1.807, 2.05) is 0 Å². The van der Waals surface area contributed by atoms with E-state index in [0.717, 1.165) is 19.2 Å². The Morgan fingerprint density at radius 3 is 2.38 bits per heavy atom. The van der Waals surface area contributed by atoms with Crippen LogP contribution in [-0.4, -0.2) is 15.5 Å². The summed E-state index contributed by atoms with van der Waals surface area (Å²) in [4.78, 5) is -0.670. The van der Waals surface area contributed by atoms with Gasteiger partial charge in [-0.15, -0.1) is 0 Å². The maximum Gasteiger partial charge on any atom is 0.299 e. The largest absolute Gasteiger partial charge is 0.299 e. The van der Waals surface area contributed by atoms with Gasteiger partial charge in [-0.2, -0.15) is 8.42 Å². The lowest BCUT2D eigenvalue weighted by molar-refractivity contribution is 0.393. The van der Waals surface area contributed by atoms with Crippen LogP contribution in [0.15, 0.2) is 23.1 Å². The minimum absolute atomic E-state index is 0.478. The van der Waals surface area contributed by atoms with E-state index in [1.165, 1.54) is 0 Å². The molecular weight excluding hydrogens is 202 g/mol. The molecule has 0 fully saturated rings. The summed E-state index contributed by atoms with van der Waals surface area (Å²) in [6, 6.07) is 2.13. The van der Waals surface area contributed by atoms with Crippen LogP contribution in [0.25, 0.3) is 0 Å². The quantitative estimate of drug-likeness (QED) is 0.688. The second kappa shape index (κ2) is 3.39. The van der Waals surface area contributed by atoms with Crippen LogP contribution in [0.3, 0.4) is 0 Å². The highest BCUT2D eigenvalue weighted by Gasteiger charge is 2.18. The van der Waals surface area contributed by atoms with Gasteiger partial charge in [0.05, 0.1) is 7.11 Å². The van der Waals surface area contributed by atoms with Crippen LogP contribution in [0.2, 0.25) is 0 Å². The normalized spacial score (nSPS) is 11.6. The zero-order valence-corrected chi connectivity index (χ0v) is 7.44. The third-order valence-electron chi connectivity index (χ3n) is 1.38. The summed E-state index contributed by atoms with van der Waals surface area (Å²) >= 11 is 0. The van der Waals surface area contributed by atoms with Crippen LogP contribution < -0.4 is 0 Å². The molecule has 0 aliphatic heterocycles. The maximum atomic E-state index is 12.8. The van der Waals surface area contributed by atoms with Crippen molar-refractivity contribution in [2.45, 2.75) is 4.90 Å². The van der Waals surface area contributed by atoms with Crippen LogP contribution in [0, 0.1) is 11.6 Å². The Morgan fingerprint density at radius 1 is 1.31 bits per heavy atom. The molecule has 0 heterocycles. The molecule has 1 aromatic carbocycles. The first-order chi connectivity index (χ1) is 5.97. The van der Waals surface area contributed by atoms with Crippen LogP contribution in [-0.2, 0) is 14.3 Å². The molecule has 3 nitrogen and oxygen atoms in total. The van der Waals surface area contributed by atoms with Crippen LogP contribution in [0.5, 0.6) is 0 Å². The van der Waals surface area contributed by atoms with Crippen molar-refractivity contribution in [1.29, 1.82) is 0 Å². The smallest absolute Gasteiger partial charge is 0.270 e. The van der Waals surface area contributed by atoms with Crippen molar-refractivity contribution in [3.8, 4) is 0 Å². The van der Waals surface area contributed by atoms with Crippen molar-refractivity contribution < 1.29 is 21.4 Å². The van der Waals surface area contributed by atoms with E-state index in [-0.39, 0.29) is 0 Å². The molecular formula is C7H6F2O3S. The van der Waals surface area contributed by atoms with Gasteiger partial charge in [0.25, 0.3) is 10.1 Å². The highest BCUT2D eigenvalue weighted by atomic mass is 32.2. The Balaban J connectivity index is 3.33. The van der Waals surface area contributed by atoms with Gasteiger partial charge in [-0.1, -0.05) is 0 Å². The minimum atomic E-state index is -4.09. The number of benzene rings is 1. The summed E-state index contributed by atoms with van der Waals surface area (Å²) in [6.45, 7) is 0. The van der Waals surface area contributed by atoms with Crippen LogP contribution in [0.4, 0.5) is 8.78 Å². The summed E-state index contributed by atoms with van der Waals surface area (Å²) in [6.07, 6.45) is 0. The van der Waals surface area contributed by atoms with Gasteiger partial charge in [0.1, 0.15) is 16.5 Å². The standard InChI is InChI=1S/C7H6F2O3S/c1-12-13(10,11)7-3-2-5(8)4-6(7)9/h2-4H,1H3. The first-order valence-electron chi connectivity index (χ1n) is 3.23. The molecule has 0 spiro atoms. The Morgan fingerprint density at radius 2 is 1.92 bits per heavy atom. The van der Waals surface area contributed by atoms with Gasteiger partial charge < -0.3 is 0 Å². The molecule has 72 valence electrons. The summed E-state index contributed by atoms with van der Waals surface area (Å²) in [7, 11) is -3.19. The SMILES string of the molecule is COS(=O)(=O)c1ccc(F)cc1F. The molecule has 0 bridgehead atoms. The predicted molar refractivity (Wildman–Crippen MR) is 40.6 cm³/mol. The Kier molecular flexibility index (Phi) is 2.63. The van der Waals surface area contributed by atoms with Gasteiger partial charge in [-0.3, -0.25) is 4.18 Å². The molecule has 0 saturated carbocycles. The second-order valence-electron chi connectivity index (χ2n) is 2.20. The molecule has 0 unspecified atom stereocenters. The first-order valence-corrected chi connectivity index (χ1v) is 4.64. The fourth-order valence-electron chi connectivity index (χ4n) is 0.768. The minimum Gasteiger partial charge on any atom is -0.270 e. The number of hydrogen-bond acceptors (Lipinski definition) is 3. The molecule has 1 aromatic rings. The van der Waals surface area contributed by atoms with E-state index in [2.05, 4.69) is 4.18 Å². The van der Waals surface area contributed by atoms with Crippen LogP contribution >= 0.6 is 0 Å². The van der Waals surface area contributed by atoms with Crippen molar-refractivity contribution in [1.82, 2.24) is 0 Å². The monoisotopic (exact) mass is 208 g/mol. The molecule has 13 heavy (non-hydrogen) atoms. The first kappa shape index (κ1) is 10.1. The van der Waals surface area contributed by atoms with E-state index in [0.29, 0.717) is 6.07 Å². The van der Waals surface area contributed by atoms with Gasteiger partial charge in [-0.05, 0) is 12.1 Å². The van der Waals surface area contributed by atoms with E-state index >= 15 is 0 Å². The summed E-state index contributed by atoms with van der Waals surface area (Å²) in [5.41, 5.74) is 0. The third kappa shape index (κ3) is 2.02. The summed E-state index contributed by atoms with van der Waals surface area (Å²) < 4.78 is 51.1. The second-order valence-corrected chi connectivity index (χ2v) is 3.88. The summed E-state index contributed by atoms with van der Waals surface area (Å²) in [5.74, 6) is -2.01. The molecule has 1 rings (SSSR count). The fraction of sp³-hybridized carbons (Fsp3) is 0.143. The van der Waals surface area contributed by atoms with Crippen LogP contribution in [0.1, 0.15) is 0 Å². The third-order valence-corrected chi connectivity index (χ3v) is 2.69. The van der Waals surface area contributed by atoms with Crippen molar-refractivity contribution in [3.05, 3.63) is 29.8 Å². The van der Waals surface area contributed by atoms with E-state index in [4.69, 9.17) is 0 Å². The molecule has 0 amide bonds. The molecule has 0 atom stereocenters.